The highest BCUT2D eigenvalue weighted by Crippen LogP contribution is 2.37. The summed E-state index contributed by atoms with van der Waals surface area (Å²) in [6, 6.07) is 0.771. The molecular formula is C13H19N5O. The summed E-state index contributed by atoms with van der Waals surface area (Å²) in [6.45, 7) is 4.11. The van der Waals surface area contributed by atoms with E-state index in [1.54, 1.807) is 12.5 Å². The summed E-state index contributed by atoms with van der Waals surface area (Å²) in [4.78, 5) is 8.39. The predicted molar refractivity (Wildman–Crippen MR) is 69.6 cm³/mol. The Morgan fingerprint density at radius 3 is 2.89 bits per heavy atom. The third-order valence-electron chi connectivity index (χ3n) is 3.49. The number of aromatic nitrogens is 5. The van der Waals surface area contributed by atoms with E-state index in [-0.39, 0.29) is 6.04 Å². The van der Waals surface area contributed by atoms with Crippen molar-refractivity contribution in [3.63, 3.8) is 0 Å². The molecule has 1 aliphatic carbocycles. The predicted octanol–water partition coefficient (Wildman–Crippen LogP) is 1.67. The highest BCUT2D eigenvalue weighted by Gasteiger charge is 2.28. The number of aliphatic hydroxyl groups is 1. The topological polar surface area (TPSA) is 68.8 Å². The summed E-state index contributed by atoms with van der Waals surface area (Å²) in [7, 11) is 0. The lowest BCUT2D eigenvalue weighted by Gasteiger charge is -2.15. The van der Waals surface area contributed by atoms with Gasteiger partial charge in [0.15, 0.2) is 0 Å². The zero-order valence-electron chi connectivity index (χ0n) is 11.3. The number of rotatable bonds is 5. The number of hydrogen-bond donors (Lipinski definition) is 1. The van der Waals surface area contributed by atoms with Gasteiger partial charge in [-0.05, 0) is 26.7 Å². The van der Waals surface area contributed by atoms with Crippen molar-refractivity contribution < 1.29 is 5.11 Å². The Morgan fingerprint density at radius 2 is 2.21 bits per heavy atom. The SMILES string of the molecule is CC(C)n1ncnc1CC(O)c1cncn1C1CC1. The normalized spacial score (nSPS) is 17.1. The van der Waals surface area contributed by atoms with Crippen molar-refractivity contribution in [2.24, 2.45) is 0 Å². The van der Waals surface area contributed by atoms with Crippen LogP contribution in [0.3, 0.4) is 0 Å². The molecule has 0 spiro atoms. The Kier molecular flexibility index (Phi) is 3.10. The second kappa shape index (κ2) is 4.77. The van der Waals surface area contributed by atoms with Crippen molar-refractivity contribution in [2.75, 3.05) is 0 Å². The highest BCUT2D eigenvalue weighted by molar-refractivity contribution is 5.09. The van der Waals surface area contributed by atoms with E-state index in [1.165, 1.54) is 12.8 Å². The average Bonchev–Trinajstić information content (AvgIpc) is 2.92. The van der Waals surface area contributed by atoms with E-state index >= 15 is 0 Å². The molecule has 1 N–H and O–H groups in total. The van der Waals surface area contributed by atoms with Crippen LogP contribution >= 0.6 is 0 Å². The molecule has 2 heterocycles. The van der Waals surface area contributed by atoms with Gasteiger partial charge in [0.25, 0.3) is 0 Å². The monoisotopic (exact) mass is 261 g/mol. The molecule has 1 fully saturated rings. The van der Waals surface area contributed by atoms with Crippen LogP contribution in [-0.4, -0.2) is 29.4 Å². The smallest absolute Gasteiger partial charge is 0.138 e. The molecular weight excluding hydrogens is 242 g/mol. The number of imidazole rings is 1. The van der Waals surface area contributed by atoms with Gasteiger partial charge in [-0.3, -0.25) is 0 Å². The van der Waals surface area contributed by atoms with Crippen LogP contribution in [0.1, 0.15) is 56.4 Å². The molecule has 1 unspecified atom stereocenters. The summed E-state index contributed by atoms with van der Waals surface area (Å²) in [5, 5.41) is 14.6. The molecule has 0 amide bonds. The zero-order chi connectivity index (χ0) is 13.4. The first-order valence-corrected chi connectivity index (χ1v) is 6.75. The van der Waals surface area contributed by atoms with Crippen LogP contribution in [0.4, 0.5) is 0 Å². The van der Waals surface area contributed by atoms with Gasteiger partial charge in [-0.15, -0.1) is 0 Å². The third-order valence-corrected chi connectivity index (χ3v) is 3.49. The number of nitrogens with zero attached hydrogens (tertiary/aromatic N) is 5. The largest absolute Gasteiger partial charge is 0.386 e. The molecule has 6 nitrogen and oxygen atoms in total. The lowest BCUT2D eigenvalue weighted by molar-refractivity contribution is 0.163. The first-order valence-electron chi connectivity index (χ1n) is 6.75. The molecule has 0 saturated heterocycles. The van der Waals surface area contributed by atoms with Crippen LogP contribution in [0.25, 0.3) is 0 Å². The minimum absolute atomic E-state index is 0.248. The van der Waals surface area contributed by atoms with E-state index in [0.717, 1.165) is 11.5 Å². The number of aliphatic hydroxyl groups excluding tert-OH is 1. The van der Waals surface area contributed by atoms with Gasteiger partial charge in [0.2, 0.25) is 0 Å². The average molecular weight is 261 g/mol. The van der Waals surface area contributed by atoms with Crippen LogP contribution in [0.15, 0.2) is 18.9 Å². The molecule has 2 aromatic heterocycles. The van der Waals surface area contributed by atoms with E-state index in [4.69, 9.17) is 0 Å². The van der Waals surface area contributed by atoms with Crippen LogP contribution in [0.2, 0.25) is 0 Å². The van der Waals surface area contributed by atoms with Gasteiger partial charge in [0.1, 0.15) is 18.3 Å². The fourth-order valence-electron chi connectivity index (χ4n) is 2.36. The molecule has 0 aliphatic heterocycles. The fourth-order valence-corrected chi connectivity index (χ4v) is 2.36. The molecule has 0 aromatic carbocycles. The minimum atomic E-state index is -0.579. The Bertz CT molecular complexity index is 555. The summed E-state index contributed by atoms with van der Waals surface area (Å²) in [6.07, 6.45) is 7.35. The maximum absolute atomic E-state index is 10.4. The Hall–Kier alpha value is -1.69. The summed E-state index contributed by atoms with van der Waals surface area (Å²) in [5.41, 5.74) is 0.876. The Labute approximate surface area is 112 Å². The van der Waals surface area contributed by atoms with Gasteiger partial charge in [0, 0.05) is 18.5 Å². The van der Waals surface area contributed by atoms with E-state index in [1.807, 2.05) is 11.0 Å². The molecule has 2 aromatic rings. The molecule has 102 valence electrons. The summed E-state index contributed by atoms with van der Waals surface area (Å²) in [5.74, 6) is 0.811. The van der Waals surface area contributed by atoms with Crippen molar-refractivity contribution in [1.82, 2.24) is 24.3 Å². The van der Waals surface area contributed by atoms with Gasteiger partial charge in [-0.25, -0.2) is 14.6 Å². The van der Waals surface area contributed by atoms with Gasteiger partial charge < -0.3 is 9.67 Å². The van der Waals surface area contributed by atoms with E-state index < -0.39 is 6.10 Å². The van der Waals surface area contributed by atoms with Gasteiger partial charge in [-0.2, -0.15) is 5.10 Å². The quantitative estimate of drug-likeness (QED) is 0.888. The van der Waals surface area contributed by atoms with E-state index in [2.05, 4.69) is 33.5 Å². The van der Waals surface area contributed by atoms with Gasteiger partial charge in [-0.1, -0.05) is 0 Å². The van der Waals surface area contributed by atoms with Crippen LogP contribution in [0, 0.1) is 0 Å². The van der Waals surface area contributed by atoms with E-state index in [0.29, 0.717) is 12.5 Å². The molecule has 1 saturated carbocycles. The minimum Gasteiger partial charge on any atom is -0.386 e. The molecule has 1 aliphatic rings. The van der Waals surface area contributed by atoms with Crippen molar-refractivity contribution >= 4 is 0 Å². The van der Waals surface area contributed by atoms with Crippen LogP contribution in [0.5, 0.6) is 0 Å². The first-order chi connectivity index (χ1) is 9.16. The number of hydrogen-bond acceptors (Lipinski definition) is 4. The van der Waals surface area contributed by atoms with Crippen molar-refractivity contribution in [3.8, 4) is 0 Å². The maximum Gasteiger partial charge on any atom is 0.138 e. The van der Waals surface area contributed by atoms with Gasteiger partial charge >= 0.3 is 0 Å². The third kappa shape index (κ3) is 2.40. The van der Waals surface area contributed by atoms with Crippen molar-refractivity contribution in [2.45, 2.75) is 51.3 Å². The van der Waals surface area contributed by atoms with Crippen LogP contribution < -0.4 is 0 Å². The Morgan fingerprint density at radius 1 is 1.42 bits per heavy atom. The highest BCUT2D eigenvalue weighted by atomic mass is 16.3. The molecule has 1 atom stereocenters. The van der Waals surface area contributed by atoms with Crippen molar-refractivity contribution in [3.05, 3.63) is 30.4 Å². The van der Waals surface area contributed by atoms with Gasteiger partial charge in [0.05, 0.1) is 18.2 Å². The molecule has 0 bridgehead atoms. The van der Waals surface area contributed by atoms with E-state index in [9.17, 15) is 5.11 Å². The Balaban J connectivity index is 1.78. The second-order valence-corrected chi connectivity index (χ2v) is 5.39. The lowest BCUT2D eigenvalue weighted by atomic mass is 10.2. The first kappa shape index (κ1) is 12.3. The molecule has 3 rings (SSSR count). The lowest BCUT2D eigenvalue weighted by Crippen LogP contribution is -2.14. The van der Waals surface area contributed by atoms with Crippen LogP contribution in [-0.2, 0) is 6.42 Å². The fraction of sp³-hybridized carbons (Fsp3) is 0.615. The summed E-state index contributed by atoms with van der Waals surface area (Å²) < 4.78 is 3.93. The molecule has 0 radical (unpaired) electrons. The maximum atomic E-state index is 10.4. The molecule has 19 heavy (non-hydrogen) atoms. The zero-order valence-corrected chi connectivity index (χ0v) is 11.3. The standard InChI is InChI=1S/C13H19N5O/c1-9(2)18-13(15-7-16-18)5-12(19)11-6-14-8-17(11)10-3-4-10/h6-10,12,19H,3-5H2,1-2H3. The van der Waals surface area contributed by atoms with Crippen molar-refractivity contribution in [1.29, 1.82) is 0 Å². The summed E-state index contributed by atoms with van der Waals surface area (Å²) >= 11 is 0. The molecule has 6 heteroatoms. The second-order valence-electron chi connectivity index (χ2n) is 5.39.